The number of hydrogen-bond donors (Lipinski definition) is 1. The molecule has 0 saturated heterocycles. The Morgan fingerprint density at radius 1 is 1.19 bits per heavy atom. The molecule has 120 valence electrons. The van der Waals surface area contributed by atoms with Gasteiger partial charge in [0.1, 0.15) is 0 Å². The van der Waals surface area contributed by atoms with Crippen LogP contribution in [0.15, 0.2) is 30.3 Å². The van der Waals surface area contributed by atoms with Gasteiger partial charge in [0.25, 0.3) is 0 Å². The lowest BCUT2D eigenvalue weighted by Crippen LogP contribution is -2.42. The zero-order valence-corrected chi connectivity index (χ0v) is 14.1. The Kier molecular flexibility index (Phi) is 11.0. The van der Waals surface area contributed by atoms with Crippen molar-refractivity contribution in [3.63, 3.8) is 0 Å². The minimum absolute atomic E-state index is 0. The summed E-state index contributed by atoms with van der Waals surface area (Å²) >= 11 is 0. The molecule has 21 heavy (non-hydrogen) atoms. The Hall–Kier alpha value is -1.06. The lowest BCUT2D eigenvalue weighted by Gasteiger charge is -2.32. The molecule has 0 heterocycles. The van der Waals surface area contributed by atoms with Gasteiger partial charge in [0.15, 0.2) is 0 Å². The van der Waals surface area contributed by atoms with Gasteiger partial charge >= 0.3 is 0 Å². The lowest BCUT2D eigenvalue weighted by molar-refractivity contribution is -0.133. The zero-order valence-electron chi connectivity index (χ0n) is 13.3. The van der Waals surface area contributed by atoms with Crippen LogP contribution in [0.1, 0.15) is 45.1 Å². The molecule has 2 N–H and O–H groups in total. The molecular weight excluding hydrogens is 284 g/mol. The highest BCUT2D eigenvalue weighted by molar-refractivity contribution is 5.85. The third-order valence-corrected chi connectivity index (χ3v) is 3.52. The first kappa shape index (κ1) is 19.9. The second kappa shape index (κ2) is 11.6. The van der Waals surface area contributed by atoms with Gasteiger partial charge in [-0.2, -0.15) is 0 Å². The summed E-state index contributed by atoms with van der Waals surface area (Å²) in [5.74, 6) is 0.198. The van der Waals surface area contributed by atoms with Crippen LogP contribution < -0.4 is 5.73 Å². The molecule has 0 aliphatic heterocycles. The van der Waals surface area contributed by atoms with Crippen molar-refractivity contribution in [1.82, 2.24) is 4.90 Å². The number of halogens is 1. The summed E-state index contributed by atoms with van der Waals surface area (Å²) in [7, 11) is 0. The van der Waals surface area contributed by atoms with Gasteiger partial charge in [-0.3, -0.25) is 4.79 Å². The van der Waals surface area contributed by atoms with Crippen LogP contribution in [-0.4, -0.2) is 29.9 Å². The first-order chi connectivity index (χ1) is 9.72. The van der Waals surface area contributed by atoms with Crippen molar-refractivity contribution in [2.75, 3.05) is 13.1 Å². The van der Waals surface area contributed by atoms with Crippen molar-refractivity contribution >= 4 is 18.3 Å². The Bertz CT molecular complexity index is 384. The van der Waals surface area contributed by atoms with Gasteiger partial charge in [-0.15, -0.1) is 12.4 Å². The van der Waals surface area contributed by atoms with Gasteiger partial charge < -0.3 is 10.6 Å². The molecule has 1 atom stereocenters. The smallest absolute Gasteiger partial charge is 0.224 e. The summed E-state index contributed by atoms with van der Waals surface area (Å²) in [6, 6.07) is 10.7. The number of carbonyl (C=O) groups excluding carboxylic acids is 1. The molecule has 1 rings (SSSR count). The SMILES string of the molecule is CCCC(Cc1ccccc1)N(CCC)C(=O)CCN.Cl. The second-order valence-corrected chi connectivity index (χ2v) is 5.26. The van der Waals surface area contributed by atoms with E-state index in [1.807, 2.05) is 11.0 Å². The van der Waals surface area contributed by atoms with Gasteiger partial charge in [-0.1, -0.05) is 50.6 Å². The van der Waals surface area contributed by atoms with Crippen LogP contribution in [0.2, 0.25) is 0 Å². The van der Waals surface area contributed by atoms with E-state index in [9.17, 15) is 4.79 Å². The number of rotatable bonds is 9. The first-order valence-electron chi connectivity index (χ1n) is 7.76. The molecule has 0 aromatic heterocycles. The summed E-state index contributed by atoms with van der Waals surface area (Å²) in [4.78, 5) is 14.3. The average Bonchev–Trinajstić information content (AvgIpc) is 2.46. The van der Waals surface area contributed by atoms with Crippen LogP contribution in [-0.2, 0) is 11.2 Å². The maximum absolute atomic E-state index is 12.3. The summed E-state index contributed by atoms with van der Waals surface area (Å²) < 4.78 is 0. The fraction of sp³-hybridized carbons (Fsp3) is 0.588. The molecule has 0 aliphatic carbocycles. The quantitative estimate of drug-likeness (QED) is 0.759. The Morgan fingerprint density at radius 2 is 1.86 bits per heavy atom. The molecule has 1 unspecified atom stereocenters. The van der Waals surface area contributed by atoms with Crippen molar-refractivity contribution in [3.8, 4) is 0 Å². The molecule has 1 aromatic rings. The largest absolute Gasteiger partial charge is 0.339 e. The normalized spacial score (nSPS) is 11.6. The van der Waals surface area contributed by atoms with E-state index in [2.05, 4.69) is 38.1 Å². The highest BCUT2D eigenvalue weighted by Gasteiger charge is 2.21. The third-order valence-electron chi connectivity index (χ3n) is 3.52. The van der Waals surface area contributed by atoms with Crippen LogP contribution in [0, 0.1) is 0 Å². The minimum atomic E-state index is 0. The number of hydrogen-bond acceptors (Lipinski definition) is 2. The number of nitrogens with zero attached hydrogens (tertiary/aromatic N) is 1. The summed E-state index contributed by atoms with van der Waals surface area (Å²) in [5, 5.41) is 0. The molecule has 0 spiro atoms. The summed E-state index contributed by atoms with van der Waals surface area (Å²) in [5.41, 5.74) is 6.84. The van der Waals surface area contributed by atoms with Crippen molar-refractivity contribution in [1.29, 1.82) is 0 Å². The predicted molar refractivity (Wildman–Crippen MR) is 91.8 cm³/mol. The number of benzene rings is 1. The Labute approximate surface area is 135 Å². The zero-order chi connectivity index (χ0) is 14.8. The van der Waals surface area contributed by atoms with Gasteiger partial charge in [0, 0.05) is 25.6 Å². The highest BCUT2D eigenvalue weighted by Crippen LogP contribution is 2.15. The number of nitrogens with two attached hydrogens (primary N) is 1. The molecular formula is C17H29ClN2O. The van der Waals surface area contributed by atoms with E-state index in [0.717, 1.165) is 32.2 Å². The van der Waals surface area contributed by atoms with Gasteiger partial charge in [0.05, 0.1) is 0 Å². The highest BCUT2D eigenvalue weighted by atomic mass is 35.5. The topological polar surface area (TPSA) is 46.3 Å². The van der Waals surface area contributed by atoms with Crippen LogP contribution in [0.5, 0.6) is 0 Å². The monoisotopic (exact) mass is 312 g/mol. The van der Waals surface area contributed by atoms with Crippen molar-refractivity contribution in [2.24, 2.45) is 5.73 Å². The number of carbonyl (C=O) groups is 1. The van der Waals surface area contributed by atoms with Crippen LogP contribution in [0.25, 0.3) is 0 Å². The summed E-state index contributed by atoms with van der Waals surface area (Å²) in [6.07, 6.45) is 4.52. The molecule has 1 amide bonds. The molecule has 1 aromatic carbocycles. The Balaban J connectivity index is 0.00000400. The van der Waals surface area contributed by atoms with Gasteiger partial charge in [0.2, 0.25) is 5.91 Å². The van der Waals surface area contributed by atoms with Crippen LogP contribution in [0.4, 0.5) is 0 Å². The molecule has 0 aliphatic rings. The summed E-state index contributed by atoms with van der Waals surface area (Å²) in [6.45, 7) is 5.56. The predicted octanol–water partition coefficient (Wildman–Crippen LogP) is 3.41. The van der Waals surface area contributed by atoms with Gasteiger partial charge in [-0.25, -0.2) is 0 Å². The molecule has 3 nitrogen and oxygen atoms in total. The van der Waals surface area contributed by atoms with Gasteiger partial charge in [-0.05, 0) is 24.8 Å². The van der Waals surface area contributed by atoms with E-state index in [-0.39, 0.29) is 18.3 Å². The Morgan fingerprint density at radius 3 is 2.38 bits per heavy atom. The van der Waals surface area contributed by atoms with E-state index in [4.69, 9.17) is 5.73 Å². The average molecular weight is 313 g/mol. The fourth-order valence-corrected chi connectivity index (χ4v) is 2.61. The van der Waals surface area contributed by atoms with Crippen LogP contribution >= 0.6 is 12.4 Å². The van der Waals surface area contributed by atoms with E-state index in [1.165, 1.54) is 5.56 Å². The maximum Gasteiger partial charge on any atom is 0.224 e. The fourth-order valence-electron chi connectivity index (χ4n) is 2.61. The van der Waals surface area contributed by atoms with Crippen LogP contribution in [0.3, 0.4) is 0 Å². The van der Waals surface area contributed by atoms with E-state index in [1.54, 1.807) is 0 Å². The van der Waals surface area contributed by atoms with E-state index >= 15 is 0 Å². The minimum Gasteiger partial charge on any atom is -0.339 e. The molecule has 0 saturated carbocycles. The van der Waals surface area contributed by atoms with E-state index < -0.39 is 0 Å². The van der Waals surface area contributed by atoms with Crippen molar-refractivity contribution in [3.05, 3.63) is 35.9 Å². The van der Waals surface area contributed by atoms with E-state index in [0.29, 0.717) is 19.0 Å². The molecule has 0 radical (unpaired) electrons. The van der Waals surface area contributed by atoms with Crippen molar-refractivity contribution in [2.45, 2.75) is 52.0 Å². The molecule has 0 bridgehead atoms. The second-order valence-electron chi connectivity index (χ2n) is 5.26. The number of amides is 1. The first-order valence-corrected chi connectivity index (χ1v) is 7.76. The maximum atomic E-state index is 12.3. The standard InChI is InChI=1S/C17H28N2O.ClH/c1-3-8-16(14-15-9-6-5-7-10-15)19(13-4-2)17(20)11-12-18;/h5-7,9-10,16H,3-4,8,11-14,18H2,1-2H3;1H. The third kappa shape index (κ3) is 6.96. The molecule has 4 heteroatoms. The lowest BCUT2D eigenvalue weighted by atomic mass is 10.00. The van der Waals surface area contributed by atoms with Crippen molar-refractivity contribution < 1.29 is 4.79 Å². The molecule has 0 fully saturated rings.